The lowest BCUT2D eigenvalue weighted by molar-refractivity contribution is -0.117. The number of hydrogen-bond donors (Lipinski definition) is 2. The van der Waals surface area contributed by atoms with Gasteiger partial charge < -0.3 is 15.0 Å². The summed E-state index contributed by atoms with van der Waals surface area (Å²) in [6.45, 7) is 1.50. The summed E-state index contributed by atoms with van der Waals surface area (Å²) in [6, 6.07) is 0. The maximum atomic E-state index is 10.7. The molecule has 0 saturated heterocycles. The van der Waals surface area contributed by atoms with E-state index in [1.807, 2.05) is 0 Å². The SMILES string of the molecule is CC(=O)CCC(O)C#CC=CC=CC(O)CC1CC1. The van der Waals surface area contributed by atoms with Crippen LogP contribution in [0.5, 0.6) is 0 Å². The van der Waals surface area contributed by atoms with Crippen molar-refractivity contribution >= 4 is 5.78 Å². The van der Waals surface area contributed by atoms with Crippen LogP contribution in [0.15, 0.2) is 24.3 Å². The number of aliphatic hydroxyl groups excluding tert-OH is 2. The van der Waals surface area contributed by atoms with E-state index in [0.29, 0.717) is 18.8 Å². The van der Waals surface area contributed by atoms with Crippen molar-refractivity contribution < 1.29 is 15.0 Å². The van der Waals surface area contributed by atoms with Crippen molar-refractivity contribution in [3.05, 3.63) is 24.3 Å². The fraction of sp³-hybridized carbons (Fsp3) is 0.562. The first-order valence-corrected chi connectivity index (χ1v) is 6.78. The van der Waals surface area contributed by atoms with Gasteiger partial charge in [-0.05, 0) is 31.8 Å². The van der Waals surface area contributed by atoms with E-state index >= 15 is 0 Å². The Balaban J connectivity index is 2.17. The smallest absolute Gasteiger partial charge is 0.129 e. The van der Waals surface area contributed by atoms with Crippen LogP contribution in [-0.4, -0.2) is 28.2 Å². The average Bonchev–Trinajstić information content (AvgIpc) is 3.14. The zero-order valence-electron chi connectivity index (χ0n) is 11.4. The van der Waals surface area contributed by atoms with Crippen LogP contribution in [-0.2, 0) is 4.79 Å². The van der Waals surface area contributed by atoms with Crippen LogP contribution < -0.4 is 0 Å². The lowest BCUT2D eigenvalue weighted by Gasteiger charge is -2.01. The van der Waals surface area contributed by atoms with Crippen molar-refractivity contribution in [2.45, 2.75) is 51.2 Å². The van der Waals surface area contributed by atoms with Gasteiger partial charge in [0.25, 0.3) is 0 Å². The summed E-state index contributed by atoms with van der Waals surface area (Å²) in [5, 5.41) is 19.0. The van der Waals surface area contributed by atoms with E-state index in [0.717, 1.165) is 6.42 Å². The summed E-state index contributed by atoms with van der Waals surface area (Å²) in [4.78, 5) is 10.7. The second kappa shape index (κ2) is 8.68. The topological polar surface area (TPSA) is 57.5 Å². The second-order valence-electron chi connectivity index (χ2n) is 5.04. The van der Waals surface area contributed by atoms with Gasteiger partial charge in [0, 0.05) is 6.42 Å². The zero-order chi connectivity index (χ0) is 14.1. The number of hydrogen-bond acceptors (Lipinski definition) is 3. The van der Waals surface area contributed by atoms with Crippen LogP contribution >= 0.6 is 0 Å². The van der Waals surface area contributed by atoms with Crippen LogP contribution in [0.2, 0.25) is 0 Å². The minimum absolute atomic E-state index is 0.0592. The molecule has 0 aromatic carbocycles. The molecule has 1 rings (SSSR count). The molecule has 1 aliphatic rings. The summed E-state index contributed by atoms with van der Waals surface area (Å²) in [7, 11) is 0. The molecule has 19 heavy (non-hydrogen) atoms. The van der Waals surface area contributed by atoms with E-state index in [-0.39, 0.29) is 11.9 Å². The minimum Gasteiger partial charge on any atom is -0.389 e. The molecule has 0 heterocycles. The molecule has 0 amide bonds. The molecular formula is C16H22O3. The average molecular weight is 262 g/mol. The summed E-state index contributed by atoms with van der Waals surface area (Å²) in [6.07, 6.45) is 9.82. The summed E-state index contributed by atoms with van der Waals surface area (Å²) < 4.78 is 0. The molecule has 0 bridgehead atoms. The number of carbonyl (C=O) groups excluding carboxylic acids is 1. The van der Waals surface area contributed by atoms with E-state index < -0.39 is 6.10 Å². The molecule has 0 radical (unpaired) electrons. The highest BCUT2D eigenvalue weighted by Gasteiger charge is 2.23. The number of allylic oxidation sites excluding steroid dienone is 3. The first-order chi connectivity index (χ1) is 9.08. The molecule has 1 aliphatic carbocycles. The predicted molar refractivity (Wildman–Crippen MR) is 75.3 cm³/mol. The number of ketones is 1. The van der Waals surface area contributed by atoms with Crippen LogP contribution in [0.25, 0.3) is 0 Å². The van der Waals surface area contributed by atoms with Crippen molar-refractivity contribution in [1.29, 1.82) is 0 Å². The third-order valence-corrected chi connectivity index (χ3v) is 2.92. The Morgan fingerprint density at radius 1 is 1.37 bits per heavy atom. The van der Waals surface area contributed by atoms with Gasteiger partial charge in [-0.3, -0.25) is 0 Å². The molecule has 2 unspecified atom stereocenters. The van der Waals surface area contributed by atoms with Crippen LogP contribution in [0.1, 0.15) is 39.0 Å². The van der Waals surface area contributed by atoms with Gasteiger partial charge in [0.15, 0.2) is 0 Å². The number of carbonyl (C=O) groups is 1. The van der Waals surface area contributed by atoms with E-state index in [2.05, 4.69) is 11.8 Å². The Morgan fingerprint density at radius 2 is 2.11 bits per heavy atom. The fourth-order valence-corrected chi connectivity index (χ4v) is 1.63. The highest BCUT2D eigenvalue weighted by Crippen LogP contribution is 2.33. The second-order valence-corrected chi connectivity index (χ2v) is 5.04. The molecule has 3 heteroatoms. The molecule has 2 N–H and O–H groups in total. The standard InChI is InChI=1S/C16H22O3/c1-13(17)8-11-15(18)6-4-2-3-5-7-16(19)12-14-9-10-14/h2-3,5,7,14-16,18-19H,8-12H2,1H3. The molecule has 0 aliphatic heterocycles. The lowest BCUT2D eigenvalue weighted by Crippen LogP contribution is -2.05. The molecule has 0 aromatic heterocycles. The first kappa shape index (κ1) is 15.7. The molecule has 0 aromatic rings. The Bertz CT molecular complexity index is 394. The highest BCUT2D eigenvalue weighted by atomic mass is 16.3. The Kier molecular flexibility index (Phi) is 7.17. The third kappa shape index (κ3) is 9.24. The molecule has 1 fully saturated rings. The molecule has 3 nitrogen and oxygen atoms in total. The van der Waals surface area contributed by atoms with Crippen molar-refractivity contribution in [1.82, 2.24) is 0 Å². The Labute approximate surface area is 115 Å². The van der Waals surface area contributed by atoms with Gasteiger partial charge >= 0.3 is 0 Å². The van der Waals surface area contributed by atoms with Gasteiger partial charge in [-0.1, -0.05) is 42.9 Å². The van der Waals surface area contributed by atoms with Gasteiger partial charge in [-0.25, -0.2) is 0 Å². The van der Waals surface area contributed by atoms with E-state index in [4.69, 9.17) is 0 Å². The van der Waals surface area contributed by atoms with Gasteiger partial charge in [-0.15, -0.1) is 0 Å². The summed E-state index contributed by atoms with van der Waals surface area (Å²) in [5.41, 5.74) is 0. The quantitative estimate of drug-likeness (QED) is 0.545. The lowest BCUT2D eigenvalue weighted by atomic mass is 10.1. The maximum absolute atomic E-state index is 10.7. The van der Waals surface area contributed by atoms with Gasteiger partial charge in [0.1, 0.15) is 11.9 Å². The maximum Gasteiger partial charge on any atom is 0.129 e. The Morgan fingerprint density at radius 3 is 2.74 bits per heavy atom. The van der Waals surface area contributed by atoms with E-state index in [1.54, 1.807) is 24.3 Å². The van der Waals surface area contributed by atoms with Crippen molar-refractivity contribution in [2.24, 2.45) is 5.92 Å². The van der Waals surface area contributed by atoms with Gasteiger partial charge in [0.2, 0.25) is 0 Å². The molecule has 104 valence electrons. The first-order valence-electron chi connectivity index (χ1n) is 6.78. The number of aliphatic hydroxyl groups is 2. The predicted octanol–water partition coefficient (Wildman–Crippen LogP) is 1.99. The molecular weight excluding hydrogens is 240 g/mol. The van der Waals surface area contributed by atoms with Crippen LogP contribution in [0.4, 0.5) is 0 Å². The molecule has 2 atom stereocenters. The normalized spacial score (nSPS) is 18.3. The van der Waals surface area contributed by atoms with E-state index in [9.17, 15) is 15.0 Å². The fourth-order valence-electron chi connectivity index (χ4n) is 1.63. The molecule has 1 saturated carbocycles. The monoisotopic (exact) mass is 262 g/mol. The van der Waals surface area contributed by atoms with Crippen LogP contribution in [0, 0.1) is 17.8 Å². The van der Waals surface area contributed by atoms with Crippen molar-refractivity contribution in [3.8, 4) is 11.8 Å². The zero-order valence-corrected chi connectivity index (χ0v) is 11.4. The van der Waals surface area contributed by atoms with Crippen molar-refractivity contribution in [3.63, 3.8) is 0 Å². The highest BCUT2D eigenvalue weighted by molar-refractivity contribution is 5.75. The van der Waals surface area contributed by atoms with Gasteiger partial charge in [0.05, 0.1) is 6.10 Å². The Hall–Kier alpha value is -1.37. The van der Waals surface area contributed by atoms with Crippen LogP contribution in [0.3, 0.4) is 0 Å². The third-order valence-electron chi connectivity index (χ3n) is 2.92. The van der Waals surface area contributed by atoms with Crippen molar-refractivity contribution in [2.75, 3.05) is 0 Å². The van der Waals surface area contributed by atoms with E-state index in [1.165, 1.54) is 19.8 Å². The summed E-state index contributed by atoms with van der Waals surface area (Å²) >= 11 is 0. The summed E-state index contributed by atoms with van der Waals surface area (Å²) in [5.74, 6) is 6.12. The van der Waals surface area contributed by atoms with Gasteiger partial charge in [-0.2, -0.15) is 0 Å². The minimum atomic E-state index is -0.752. The number of Topliss-reactive ketones (excluding diaryl/α,β-unsaturated/α-hetero) is 1. The largest absolute Gasteiger partial charge is 0.389 e. The number of rotatable bonds is 7. The molecule has 0 spiro atoms.